The third-order valence-electron chi connectivity index (χ3n) is 4.88. The average Bonchev–Trinajstić information content (AvgIpc) is 2.77. The Morgan fingerprint density at radius 1 is 1.13 bits per heavy atom. The molecule has 0 bridgehead atoms. The van der Waals surface area contributed by atoms with E-state index < -0.39 is 0 Å². The van der Waals surface area contributed by atoms with Gasteiger partial charge in [0.1, 0.15) is 5.69 Å². The number of pyridine rings is 2. The summed E-state index contributed by atoms with van der Waals surface area (Å²) in [5, 5.41) is 8.37. The van der Waals surface area contributed by atoms with Crippen molar-refractivity contribution in [2.45, 2.75) is 13.5 Å². The molecule has 0 radical (unpaired) electrons. The third kappa shape index (κ3) is 5.37. The number of urea groups is 1. The number of nitrogens with one attached hydrogen (secondary N) is 3. The van der Waals surface area contributed by atoms with E-state index in [1.165, 1.54) is 0 Å². The van der Waals surface area contributed by atoms with Crippen molar-refractivity contribution in [3.63, 3.8) is 0 Å². The Hall–Kier alpha value is -2.91. The highest BCUT2D eigenvalue weighted by Gasteiger charge is 2.20. The Morgan fingerprint density at radius 3 is 2.53 bits per heavy atom. The Bertz CT molecular complexity index is 883. The first-order valence-electron chi connectivity index (χ1n) is 9.85. The van der Waals surface area contributed by atoms with Crippen LogP contribution in [0.25, 0.3) is 0 Å². The molecular formula is C20H26ClN7O2. The van der Waals surface area contributed by atoms with Crippen LogP contribution in [0.5, 0.6) is 0 Å². The molecule has 0 spiro atoms. The standard InChI is InChI=1S/C20H26ClN7O2/c1-3-23-20(30)26-18-17(21)14(6-7-24-18)13-27-8-10-28(11-9-27)15-4-5-16(25-12-15)19(29)22-2/h4-7,12H,3,8-11,13H2,1-2H3,(H,22,29)(H2,23,24,26,30). The van der Waals surface area contributed by atoms with Crippen molar-refractivity contribution in [1.29, 1.82) is 0 Å². The van der Waals surface area contributed by atoms with Crippen LogP contribution in [0.1, 0.15) is 23.0 Å². The van der Waals surface area contributed by atoms with Crippen molar-refractivity contribution in [3.8, 4) is 0 Å². The van der Waals surface area contributed by atoms with Crippen LogP contribution in [-0.4, -0.2) is 66.6 Å². The summed E-state index contributed by atoms with van der Waals surface area (Å²) in [6.45, 7) is 6.44. The second kappa shape index (κ2) is 10.2. The fourth-order valence-electron chi connectivity index (χ4n) is 3.25. The molecule has 0 aromatic carbocycles. The van der Waals surface area contributed by atoms with E-state index in [0.29, 0.717) is 29.6 Å². The molecule has 1 aliphatic heterocycles. The van der Waals surface area contributed by atoms with Crippen LogP contribution in [0.15, 0.2) is 30.6 Å². The summed E-state index contributed by atoms with van der Waals surface area (Å²) in [6.07, 6.45) is 3.39. The van der Waals surface area contributed by atoms with E-state index in [1.807, 2.05) is 19.1 Å². The highest BCUT2D eigenvalue weighted by molar-refractivity contribution is 6.34. The van der Waals surface area contributed by atoms with Gasteiger partial charge in [-0.2, -0.15) is 0 Å². The predicted molar refractivity (Wildman–Crippen MR) is 117 cm³/mol. The topological polar surface area (TPSA) is 102 Å². The van der Waals surface area contributed by atoms with Gasteiger partial charge in [0, 0.05) is 52.5 Å². The first kappa shape index (κ1) is 21.8. The summed E-state index contributed by atoms with van der Waals surface area (Å²) in [5.74, 6) is 0.169. The Balaban J connectivity index is 1.57. The van der Waals surface area contributed by atoms with Gasteiger partial charge in [-0.15, -0.1) is 0 Å². The van der Waals surface area contributed by atoms with Gasteiger partial charge in [-0.3, -0.25) is 15.0 Å². The minimum Gasteiger partial charge on any atom is -0.368 e. The van der Waals surface area contributed by atoms with Crippen LogP contribution in [-0.2, 0) is 6.54 Å². The lowest BCUT2D eigenvalue weighted by Crippen LogP contribution is -2.46. The molecule has 1 fully saturated rings. The summed E-state index contributed by atoms with van der Waals surface area (Å²) in [4.78, 5) is 36.3. The van der Waals surface area contributed by atoms with Crippen molar-refractivity contribution in [2.75, 3.05) is 50.0 Å². The quantitative estimate of drug-likeness (QED) is 0.646. The molecule has 30 heavy (non-hydrogen) atoms. The largest absolute Gasteiger partial charge is 0.368 e. The van der Waals surface area contributed by atoms with Crippen molar-refractivity contribution in [1.82, 2.24) is 25.5 Å². The molecule has 3 heterocycles. The Kier molecular flexibility index (Phi) is 7.42. The van der Waals surface area contributed by atoms with Gasteiger partial charge >= 0.3 is 6.03 Å². The van der Waals surface area contributed by atoms with Crippen molar-refractivity contribution < 1.29 is 9.59 Å². The lowest BCUT2D eigenvalue weighted by Gasteiger charge is -2.36. The number of hydrogen-bond acceptors (Lipinski definition) is 6. The molecule has 3 amide bonds. The number of carbonyl (C=O) groups excluding carboxylic acids is 2. The zero-order valence-electron chi connectivity index (χ0n) is 17.1. The minimum absolute atomic E-state index is 0.193. The normalized spacial score (nSPS) is 14.3. The molecule has 1 aliphatic rings. The number of hydrogen-bond donors (Lipinski definition) is 3. The Morgan fingerprint density at radius 2 is 1.90 bits per heavy atom. The van der Waals surface area contributed by atoms with Gasteiger partial charge in [-0.25, -0.2) is 14.8 Å². The van der Waals surface area contributed by atoms with Gasteiger partial charge in [-0.05, 0) is 30.7 Å². The molecule has 0 unspecified atom stereocenters. The number of anilines is 2. The number of amides is 3. The number of rotatable bonds is 6. The van der Waals surface area contributed by atoms with E-state index in [2.05, 4.69) is 35.7 Å². The van der Waals surface area contributed by atoms with Crippen LogP contribution in [0.4, 0.5) is 16.3 Å². The summed E-state index contributed by atoms with van der Waals surface area (Å²) in [7, 11) is 1.59. The van der Waals surface area contributed by atoms with E-state index in [9.17, 15) is 9.59 Å². The highest BCUT2D eigenvalue weighted by atomic mass is 35.5. The molecule has 2 aromatic heterocycles. The number of halogens is 1. The molecule has 2 aromatic rings. The lowest BCUT2D eigenvalue weighted by molar-refractivity contribution is 0.0958. The number of nitrogens with zero attached hydrogens (tertiary/aromatic N) is 4. The summed E-state index contributed by atoms with van der Waals surface area (Å²) < 4.78 is 0. The predicted octanol–water partition coefficient (Wildman–Crippen LogP) is 1.95. The van der Waals surface area contributed by atoms with E-state index in [-0.39, 0.29) is 11.9 Å². The van der Waals surface area contributed by atoms with Crippen molar-refractivity contribution in [2.24, 2.45) is 0 Å². The first-order chi connectivity index (χ1) is 14.5. The van der Waals surface area contributed by atoms with Crippen molar-refractivity contribution >= 4 is 35.0 Å². The molecule has 3 rings (SSSR count). The molecule has 3 N–H and O–H groups in total. The smallest absolute Gasteiger partial charge is 0.320 e. The maximum absolute atomic E-state index is 11.7. The maximum Gasteiger partial charge on any atom is 0.320 e. The van der Waals surface area contributed by atoms with Crippen molar-refractivity contribution in [3.05, 3.63) is 46.9 Å². The summed E-state index contributed by atoms with van der Waals surface area (Å²) >= 11 is 6.47. The monoisotopic (exact) mass is 431 g/mol. The van der Waals surface area contributed by atoms with E-state index in [4.69, 9.17) is 11.6 Å². The Labute approximate surface area is 180 Å². The maximum atomic E-state index is 11.7. The number of carbonyl (C=O) groups is 2. The number of aromatic nitrogens is 2. The summed E-state index contributed by atoms with van der Waals surface area (Å²) in [6, 6.07) is 5.21. The van der Waals surface area contributed by atoms with E-state index in [0.717, 1.165) is 37.4 Å². The molecule has 10 heteroatoms. The lowest BCUT2D eigenvalue weighted by atomic mass is 10.2. The van der Waals surface area contributed by atoms with Gasteiger partial charge in [0.15, 0.2) is 5.82 Å². The molecule has 9 nitrogen and oxygen atoms in total. The van der Waals surface area contributed by atoms with Crippen LogP contribution < -0.4 is 20.9 Å². The SMILES string of the molecule is CCNC(=O)Nc1nccc(CN2CCN(c3ccc(C(=O)NC)nc3)CC2)c1Cl. The fraction of sp³-hybridized carbons (Fsp3) is 0.400. The molecule has 160 valence electrons. The molecule has 0 atom stereocenters. The van der Waals surface area contributed by atoms with Gasteiger partial charge in [0.25, 0.3) is 5.91 Å². The van der Waals surface area contributed by atoms with Crippen LogP contribution in [0.2, 0.25) is 5.02 Å². The highest BCUT2D eigenvalue weighted by Crippen LogP contribution is 2.25. The van der Waals surface area contributed by atoms with Crippen LogP contribution >= 0.6 is 11.6 Å². The van der Waals surface area contributed by atoms with Gasteiger partial charge in [0.2, 0.25) is 0 Å². The zero-order valence-corrected chi connectivity index (χ0v) is 17.9. The van der Waals surface area contributed by atoms with Crippen LogP contribution in [0.3, 0.4) is 0 Å². The molecule has 0 aliphatic carbocycles. The van der Waals surface area contributed by atoms with E-state index >= 15 is 0 Å². The minimum atomic E-state index is -0.325. The molecular weight excluding hydrogens is 406 g/mol. The summed E-state index contributed by atoms with van der Waals surface area (Å²) in [5.41, 5.74) is 2.32. The van der Waals surface area contributed by atoms with E-state index in [1.54, 1.807) is 25.5 Å². The zero-order chi connectivity index (χ0) is 21.5. The van der Waals surface area contributed by atoms with Crippen LogP contribution in [0, 0.1) is 0 Å². The van der Waals surface area contributed by atoms with Gasteiger partial charge in [0.05, 0.1) is 16.9 Å². The van der Waals surface area contributed by atoms with Gasteiger partial charge in [-0.1, -0.05) is 11.6 Å². The van der Waals surface area contributed by atoms with Gasteiger partial charge < -0.3 is 15.5 Å². The average molecular weight is 432 g/mol. The number of piperazine rings is 1. The second-order valence-electron chi connectivity index (χ2n) is 6.86. The molecule has 0 saturated carbocycles. The molecule has 1 saturated heterocycles. The second-order valence-corrected chi connectivity index (χ2v) is 7.24. The fourth-order valence-corrected chi connectivity index (χ4v) is 3.46. The third-order valence-corrected chi connectivity index (χ3v) is 5.30. The first-order valence-corrected chi connectivity index (χ1v) is 10.2.